The number of rotatable bonds is 3. The van der Waals surface area contributed by atoms with Gasteiger partial charge in [-0.25, -0.2) is 0 Å². The summed E-state index contributed by atoms with van der Waals surface area (Å²) in [7, 11) is 3.92. The minimum atomic E-state index is 0.0625. The van der Waals surface area contributed by atoms with Gasteiger partial charge in [0.2, 0.25) is 5.91 Å². The van der Waals surface area contributed by atoms with E-state index in [0.717, 1.165) is 51.1 Å². The van der Waals surface area contributed by atoms with Crippen molar-refractivity contribution in [2.24, 2.45) is 11.3 Å². The molecule has 2 aliphatic heterocycles. The highest BCUT2D eigenvalue weighted by Crippen LogP contribution is 2.39. The summed E-state index contributed by atoms with van der Waals surface area (Å²) in [4.78, 5) is 31.4. The smallest absolute Gasteiger partial charge is 0.255 e. The summed E-state index contributed by atoms with van der Waals surface area (Å²) in [6, 6.07) is 7.52. The molecule has 2 amide bonds. The number of benzene rings is 1. The van der Waals surface area contributed by atoms with Gasteiger partial charge in [-0.1, -0.05) is 12.1 Å². The van der Waals surface area contributed by atoms with Crippen molar-refractivity contribution >= 4 is 17.5 Å². The third kappa shape index (κ3) is 2.61. The molecule has 5 nitrogen and oxygen atoms in total. The number of para-hydroxylation sites is 1. The average Bonchev–Trinajstić information content (AvgIpc) is 3.32. The van der Waals surface area contributed by atoms with Crippen LogP contribution in [0.2, 0.25) is 0 Å². The molecule has 0 atom stereocenters. The molecular formula is C19H25N3O2. The van der Waals surface area contributed by atoms with Crippen LogP contribution in [0.5, 0.6) is 0 Å². The van der Waals surface area contributed by atoms with Crippen LogP contribution in [0.4, 0.5) is 5.69 Å². The topological polar surface area (TPSA) is 43.9 Å². The van der Waals surface area contributed by atoms with E-state index in [0.29, 0.717) is 11.0 Å². The molecule has 128 valence electrons. The lowest BCUT2D eigenvalue weighted by Gasteiger charge is -2.46. The van der Waals surface area contributed by atoms with Gasteiger partial charge >= 0.3 is 0 Å². The zero-order valence-electron chi connectivity index (χ0n) is 14.5. The van der Waals surface area contributed by atoms with Crippen molar-refractivity contribution in [1.82, 2.24) is 9.80 Å². The fourth-order valence-electron chi connectivity index (χ4n) is 4.31. The summed E-state index contributed by atoms with van der Waals surface area (Å²) >= 11 is 0. The molecule has 0 unspecified atom stereocenters. The van der Waals surface area contributed by atoms with E-state index in [4.69, 9.17) is 0 Å². The van der Waals surface area contributed by atoms with Crippen molar-refractivity contribution in [3.05, 3.63) is 29.8 Å². The first kappa shape index (κ1) is 15.6. The van der Waals surface area contributed by atoms with Gasteiger partial charge in [0.25, 0.3) is 5.91 Å². The van der Waals surface area contributed by atoms with E-state index in [2.05, 4.69) is 11.9 Å². The maximum absolute atomic E-state index is 13.1. The first-order chi connectivity index (χ1) is 11.5. The minimum absolute atomic E-state index is 0.0625. The van der Waals surface area contributed by atoms with Crippen LogP contribution in [0, 0.1) is 11.3 Å². The third-order valence-electron chi connectivity index (χ3n) is 5.69. The first-order valence-electron chi connectivity index (χ1n) is 8.84. The summed E-state index contributed by atoms with van der Waals surface area (Å²) in [6.07, 6.45) is 3.03. The van der Waals surface area contributed by atoms with Crippen molar-refractivity contribution in [1.29, 1.82) is 0 Å². The van der Waals surface area contributed by atoms with Crippen LogP contribution in [0.15, 0.2) is 24.3 Å². The highest BCUT2D eigenvalue weighted by atomic mass is 16.2. The van der Waals surface area contributed by atoms with Crippen LogP contribution in [0.25, 0.3) is 0 Å². The first-order valence-corrected chi connectivity index (χ1v) is 8.84. The lowest BCUT2D eigenvalue weighted by Crippen LogP contribution is -2.55. The van der Waals surface area contributed by atoms with Gasteiger partial charge in [0.15, 0.2) is 0 Å². The Labute approximate surface area is 143 Å². The molecular weight excluding hydrogens is 302 g/mol. The molecule has 1 saturated carbocycles. The highest BCUT2D eigenvalue weighted by molar-refractivity contribution is 6.05. The lowest BCUT2D eigenvalue weighted by molar-refractivity contribution is -0.119. The zero-order valence-corrected chi connectivity index (χ0v) is 14.5. The number of hydrogen-bond acceptors (Lipinski definition) is 3. The second-order valence-corrected chi connectivity index (χ2v) is 7.84. The third-order valence-corrected chi connectivity index (χ3v) is 5.69. The maximum Gasteiger partial charge on any atom is 0.255 e. The van der Waals surface area contributed by atoms with Gasteiger partial charge < -0.3 is 14.7 Å². The second-order valence-electron chi connectivity index (χ2n) is 7.84. The van der Waals surface area contributed by atoms with Gasteiger partial charge in [-0.2, -0.15) is 0 Å². The molecule has 2 saturated heterocycles. The molecule has 0 bridgehead atoms. The van der Waals surface area contributed by atoms with E-state index in [9.17, 15) is 9.59 Å². The normalized spacial score (nSPS) is 22.5. The van der Waals surface area contributed by atoms with E-state index in [-0.39, 0.29) is 17.7 Å². The van der Waals surface area contributed by atoms with Gasteiger partial charge in [0.05, 0.1) is 11.3 Å². The van der Waals surface area contributed by atoms with Gasteiger partial charge in [-0.15, -0.1) is 0 Å². The zero-order chi connectivity index (χ0) is 16.9. The van der Waals surface area contributed by atoms with Gasteiger partial charge in [-0.3, -0.25) is 9.59 Å². The van der Waals surface area contributed by atoms with Gasteiger partial charge in [-0.05, 0) is 38.4 Å². The van der Waals surface area contributed by atoms with Crippen molar-refractivity contribution in [2.45, 2.75) is 19.3 Å². The minimum Gasteiger partial charge on any atom is -0.338 e. The highest BCUT2D eigenvalue weighted by Gasteiger charge is 2.47. The number of anilines is 1. The van der Waals surface area contributed by atoms with Crippen LogP contribution < -0.4 is 4.90 Å². The Morgan fingerprint density at radius 3 is 2.54 bits per heavy atom. The largest absolute Gasteiger partial charge is 0.338 e. The fraction of sp³-hybridized carbons (Fsp3) is 0.579. The van der Waals surface area contributed by atoms with Crippen LogP contribution in [-0.2, 0) is 4.79 Å². The van der Waals surface area contributed by atoms with Crippen molar-refractivity contribution in [2.75, 3.05) is 45.2 Å². The van der Waals surface area contributed by atoms with Crippen LogP contribution in [0.1, 0.15) is 29.6 Å². The molecule has 1 aliphatic carbocycles. The van der Waals surface area contributed by atoms with Crippen LogP contribution in [0.3, 0.4) is 0 Å². The van der Waals surface area contributed by atoms with Crippen molar-refractivity contribution in [3.8, 4) is 0 Å². The number of amides is 2. The maximum atomic E-state index is 13.1. The Morgan fingerprint density at radius 1 is 1.17 bits per heavy atom. The molecule has 1 aromatic rings. The Kier molecular flexibility index (Phi) is 3.64. The molecule has 1 aromatic carbocycles. The molecule has 0 aromatic heterocycles. The number of likely N-dealkylation sites (tertiary alicyclic amines) is 2. The Hall–Kier alpha value is -1.88. The molecule has 2 heterocycles. The molecule has 4 rings (SSSR count). The lowest BCUT2D eigenvalue weighted by atomic mass is 9.79. The number of nitrogens with zero attached hydrogens (tertiary/aromatic N) is 3. The Morgan fingerprint density at radius 2 is 1.88 bits per heavy atom. The monoisotopic (exact) mass is 327 g/mol. The predicted molar refractivity (Wildman–Crippen MR) is 93.0 cm³/mol. The molecule has 24 heavy (non-hydrogen) atoms. The second kappa shape index (κ2) is 5.59. The molecule has 3 aliphatic rings. The van der Waals surface area contributed by atoms with Gasteiger partial charge in [0.1, 0.15) is 0 Å². The summed E-state index contributed by atoms with van der Waals surface area (Å²) < 4.78 is 0. The molecule has 5 heteroatoms. The summed E-state index contributed by atoms with van der Waals surface area (Å²) in [5, 5.41) is 0. The summed E-state index contributed by atoms with van der Waals surface area (Å²) in [5.74, 6) is 0.347. The number of carbonyl (C=O) groups excluding carboxylic acids is 2. The summed E-state index contributed by atoms with van der Waals surface area (Å²) in [5.41, 5.74) is 1.69. The SMILES string of the molecule is CN1CC2(CCN(C(=O)c3ccccc3N(C)C(=O)C3CC3)C2)C1. The van der Waals surface area contributed by atoms with E-state index in [1.54, 1.807) is 11.9 Å². The van der Waals surface area contributed by atoms with E-state index in [1.807, 2.05) is 29.2 Å². The van der Waals surface area contributed by atoms with E-state index >= 15 is 0 Å². The van der Waals surface area contributed by atoms with Crippen molar-refractivity contribution in [3.63, 3.8) is 0 Å². The standard InChI is InChI=1S/C19H25N3O2/c1-20-11-19(12-20)9-10-22(13-19)18(24)15-5-3-4-6-16(15)21(2)17(23)14-7-8-14/h3-6,14H,7-13H2,1-2H3. The van der Waals surface area contributed by atoms with E-state index in [1.165, 1.54) is 0 Å². The quantitative estimate of drug-likeness (QED) is 0.851. The average molecular weight is 327 g/mol. The molecule has 3 fully saturated rings. The number of hydrogen-bond donors (Lipinski definition) is 0. The van der Waals surface area contributed by atoms with E-state index < -0.39 is 0 Å². The summed E-state index contributed by atoms with van der Waals surface area (Å²) in [6.45, 7) is 3.82. The van der Waals surface area contributed by atoms with Crippen LogP contribution >= 0.6 is 0 Å². The predicted octanol–water partition coefficient (Wildman–Crippen LogP) is 1.84. The molecule has 0 N–H and O–H groups in total. The Balaban J connectivity index is 1.53. The molecule has 1 spiro atoms. The Bertz CT molecular complexity index is 677. The number of carbonyl (C=O) groups is 2. The fourth-order valence-corrected chi connectivity index (χ4v) is 4.31. The van der Waals surface area contributed by atoms with Crippen LogP contribution in [-0.4, -0.2) is 61.9 Å². The molecule has 0 radical (unpaired) electrons. The van der Waals surface area contributed by atoms with Gasteiger partial charge in [0, 0.05) is 44.6 Å². The van der Waals surface area contributed by atoms with Crippen molar-refractivity contribution < 1.29 is 9.59 Å².